The molecule has 0 rings (SSSR count). The molecule has 0 bridgehead atoms. The van der Waals surface area contributed by atoms with Crippen molar-refractivity contribution in [2.24, 2.45) is 17.8 Å². The molecule has 0 saturated carbocycles. The van der Waals surface area contributed by atoms with Gasteiger partial charge in [0.2, 0.25) is 0 Å². The number of ether oxygens (including phenoxy) is 4. The lowest BCUT2D eigenvalue weighted by atomic mass is 9.99. The van der Waals surface area contributed by atoms with E-state index in [0.717, 1.165) is 114 Å². The van der Waals surface area contributed by atoms with E-state index in [9.17, 15) is 43.2 Å². The van der Waals surface area contributed by atoms with Gasteiger partial charge in [-0.15, -0.1) is 0 Å². The van der Waals surface area contributed by atoms with Crippen molar-refractivity contribution in [3.05, 3.63) is 0 Å². The van der Waals surface area contributed by atoms with E-state index in [2.05, 4.69) is 48.5 Å². The first kappa shape index (κ1) is 99.1. The summed E-state index contributed by atoms with van der Waals surface area (Å²) in [5.74, 6) is 0.206. The standard InChI is InChI=1S/C82H160O17P2/c1-8-12-13-14-15-16-17-18-19-20-21-25-28-31-34-37-40-49-56-63-79(84)92-69-77(98-81(86)65-58-51-41-38-35-32-29-26-23-22-24-27-30-33-36-39-46-53-60-73(5)9-2)71-96-100(88,89)94-67-76(83)68-95-101(90,91)97-72-78(99-82(87)66-59-52-45-43-48-55-62-75(7)11-4)70-93-80(85)64-57-50-44-42-47-54-61-74(6)10-3/h73-78,83H,8-72H2,1-7H3,(H,88,89)(H,90,91)/t73?,74?,75?,76-,77-,78-/m1/s1. The molecule has 0 saturated heterocycles. The zero-order valence-electron chi connectivity index (χ0n) is 66.4. The SMILES string of the molecule is CCCCCCCCCCCCCCCCCCCCCC(=O)OC[C@H](COP(=O)(O)OC[C@@H](O)COP(=O)(O)OC[C@@H](COC(=O)CCCCCCCCC(C)CC)OC(=O)CCCCCCCCC(C)CC)OC(=O)CCCCCCCCCCCCCCCCCCCCC(C)CC. The minimum atomic E-state index is -4.96. The lowest BCUT2D eigenvalue weighted by molar-refractivity contribution is -0.161. The average Bonchev–Trinajstić information content (AvgIpc) is 0.963. The van der Waals surface area contributed by atoms with E-state index >= 15 is 0 Å². The summed E-state index contributed by atoms with van der Waals surface area (Å²) in [4.78, 5) is 73.0. The number of carbonyl (C=O) groups is 4. The number of aliphatic hydroxyl groups excluding tert-OH is 1. The predicted molar refractivity (Wildman–Crippen MR) is 414 cm³/mol. The number of phosphoric acid groups is 2. The van der Waals surface area contributed by atoms with Gasteiger partial charge in [0.05, 0.1) is 26.4 Å². The lowest BCUT2D eigenvalue weighted by Crippen LogP contribution is -2.30. The molecule has 0 aliphatic heterocycles. The van der Waals surface area contributed by atoms with Gasteiger partial charge < -0.3 is 33.8 Å². The Morgan fingerprint density at radius 1 is 0.277 bits per heavy atom. The van der Waals surface area contributed by atoms with Crippen molar-refractivity contribution in [3.63, 3.8) is 0 Å². The van der Waals surface area contributed by atoms with Crippen molar-refractivity contribution in [1.82, 2.24) is 0 Å². The molecule has 5 unspecified atom stereocenters. The van der Waals surface area contributed by atoms with Crippen LogP contribution in [0.25, 0.3) is 0 Å². The van der Waals surface area contributed by atoms with Crippen LogP contribution in [0.15, 0.2) is 0 Å². The van der Waals surface area contributed by atoms with Gasteiger partial charge in [-0.25, -0.2) is 9.13 Å². The third-order valence-electron chi connectivity index (χ3n) is 20.2. The first-order chi connectivity index (χ1) is 48.8. The molecule has 0 aromatic heterocycles. The van der Waals surface area contributed by atoms with Crippen LogP contribution in [0.5, 0.6) is 0 Å². The molecule has 0 aromatic rings. The Hall–Kier alpha value is -1.94. The Morgan fingerprint density at radius 3 is 0.703 bits per heavy atom. The third kappa shape index (κ3) is 72.1. The minimum absolute atomic E-state index is 0.102. The smallest absolute Gasteiger partial charge is 0.462 e. The molecule has 0 aliphatic rings. The molecule has 8 atom stereocenters. The van der Waals surface area contributed by atoms with E-state index in [1.807, 2.05) is 0 Å². The summed E-state index contributed by atoms with van der Waals surface area (Å²) in [6, 6.07) is 0. The Bertz CT molecular complexity index is 1960. The largest absolute Gasteiger partial charge is 0.472 e. The van der Waals surface area contributed by atoms with Crippen LogP contribution in [0.4, 0.5) is 0 Å². The summed E-state index contributed by atoms with van der Waals surface area (Å²) in [6.45, 7) is 11.9. The van der Waals surface area contributed by atoms with Gasteiger partial charge in [-0.2, -0.15) is 0 Å². The summed E-state index contributed by atoms with van der Waals surface area (Å²) in [6.07, 6.45) is 61.3. The molecule has 17 nitrogen and oxygen atoms in total. The number of hydrogen-bond donors (Lipinski definition) is 3. The topological polar surface area (TPSA) is 237 Å². The van der Waals surface area contributed by atoms with Crippen molar-refractivity contribution >= 4 is 39.5 Å². The fourth-order valence-electron chi connectivity index (χ4n) is 12.6. The maximum Gasteiger partial charge on any atom is 0.472 e. The van der Waals surface area contributed by atoms with E-state index in [1.165, 1.54) is 231 Å². The first-order valence-electron chi connectivity index (χ1n) is 42.5. The summed E-state index contributed by atoms with van der Waals surface area (Å²) in [5, 5.41) is 10.6. The molecular weight excluding hydrogens is 1320 g/mol. The van der Waals surface area contributed by atoms with Gasteiger partial charge in [0, 0.05) is 25.7 Å². The van der Waals surface area contributed by atoms with Gasteiger partial charge in [-0.05, 0) is 43.4 Å². The Balaban J connectivity index is 5.19. The quantitative estimate of drug-likeness (QED) is 0.0222. The van der Waals surface area contributed by atoms with Crippen molar-refractivity contribution in [2.75, 3.05) is 39.6 Å². The molecule has 3 N–H and O–H groups in total. The van der Waals surface area contributed by atoms with E-state index in [4.69, 9.17) is 37.0 Å². The van der Waals surface area contributed by atoms with Gasteiger partial charge in [0.1, 0.15) is 19.3 Å². The molecule has 0 radical (unpaired) electrons. The zero-order chi connectivity index (χ0) is 74.4. The molecule has 0 aromatic carbocycles. The summed E-state index contributed by atoms with van der Waals surface area (Å²) in [7, 11) is -9.92. The van der Waals surface area contributed by atoms with Gasteiger partial charge in [0.25, 0.3) is 0 Å². The molecule has 0 aliphatic carbocycles. The van der Waals surface area contributed by atoms with Crippen molar-refractivity contribution in [2.45, 2.75) is 446 Å². The first-order valence-corrected chi connectivity index (χ1v) is 45.5. The molecular formula is C82H160O17P2. The van der Waals surface area contributed by atoms with Crippen LogP contribution in [0.1, 0.15) is 427 Å². The summed E-state index contributed by atoms with van der Waals surface area (Å²) < 4.78 is 68.7. The summed E-state index contributed by atoms with van der Waals surface area (Å²) in [5.41, 5.74) is 0. The number of hydrogen-bond acceptors (Lipinski definition) is 15. The normalized spacial score (nSPS) is 14.8. The second-order valence-corrected chi connectivity index (χ2v) is 33.1. The summed E-state index contributed by atoms with van der Waals surface area (Å²) >= 11 is 0. The fourth-order valence-corrected chi connectivity index (χ4v) is 14.1. The Morgan fingerprint density at radius 2 is 0.475 bits per heavy atom. The van der Waals surface area contributed by atoms with Gasteiger partial charge >= 0.3 is 39.5 Å². The molecule has 600 valence electrons. The Labute approximate surface area is 619 Å². The van der Waals surface area contributed by atoms with E-state index in [1.54, 1.807) is 0 Å². The number of esters is 4. The maximum absolute atomic E-state index is 13.1. The van der Waals surface area contributed by atoms with Gasteiger partial charge in [0.15, 0.2) is 12.2 Å². The van der Waals surface area contributed by atoms with Crippen molar-refractivity contribution in [3.8, 4) is 0 Å². The highest BCUT2D eigenvalue weighted by Gasteiger charge is 2.30. The minimum Gasteiger partial charge on any atom is -0.462 e. The van der Waals surface area contributed by atoms with Crippen LogP contribution in [-0.4, -0.2) is 96.7 Å². The van der Waals surface area contributed by atoms with Gasteiger partial charge in [-0.1, -0.05) is 376 Å². The predicted octanol–water partition coefficient (Wildman–Crippen LogP) is 24.5. The Kier molecular flexibility index (Phi) is 70.9. The highest BCUT2D eigenvalue weighted by atomic mass is 31.2. The number of aliphatic hydroxyl groups is 1. The van der Waals surface area contributed by atoms with Crippen molar-refractivity contribution < 1.29 is 80.2 Å². The molecule has 0 amide bonds. The highest BCUT2D eigenvalue weighted by molar-refractivity contribution is 7.47. The van der Waals surface area contributed by atoms with Crippen LogP contribution >= 0.6 is 15.6 Å². The third-order valence-corrected chi connectivity index (χ3v) is 22.1. The molecule has 0 heterocycles. The van der Waals surface area contributed by atoms with Crippen LogP contribution in [0.3, 0.4) is 0 Å². The number of unbranched alkanes of at least 4 members (excludes halogenated alkanes) is 45. The number of phosphoric ester groups is 2. The maximum atomic E-state index is 13.1. The number of carbonyl (C=O) groups excluding carboxylic acids is 4. The van der Waals surface area contributed by atoms with Crippen LogP contribution in [0.2, 0.25) is 0 Å². The van der Waals surface area contributed by atoms with Crippen LogP contribution < -0.4 is 0 Å². The highest BCUT2D eigenvalue weighted by Crippen LogP contribution is 2.45. The molecule has 101 heavy (non-hydrogen) atoms. The monoisotopic (exact) mass is 1480 g/mol. The van der Waals surface area contributed by atoms with E-state index in [-0.39, 0.29) is 25.7 Å². The zero-order valence-corrected chi connectivity index (χ0v) is 68.2. The van der Waals surface area contributed by atoms with Crippen molar-refractivity contribution in [1.29, 1.82) is 0 Å². The van der Waals surface area contributed by atoms with E-state index < -0.39 is 97.5 Å². The fraction of sp³-hybridized carbons (Fsp3) is 0.951. The van der Waals surface area contributed by atoms with Crippen LogP contribution in [-0.2, 0) is 65.4 Å². The lowest BCUT2D eigenvalue weighted by Gasteiger charge is -2.21. The molecule has 19 heteroatoms. The average molecular weight is 1480 g/mol. The second-order valence-electron chi connectivity index (χ2n) is 30.2. The van der Waals surface area contributed by atoms with E-state index in [0.29, 0.717) is 25.7 Å². The van der Waals surface area contributed by atoms with Gasteiger partial charge in [-0.3, -0.25) is 37.3 Å². The number of rotatable bonds is 80. The molecule has 0 fully saturated rings. The van der Waals surface area contributed by atoms with Crippen LogP contribution in [0, 0.1) is 17.8 Å². The second kappa shape index (κ2) is 72.3. The molecule has 0 spiro atoms.